The maximum atomic E-state index is 12.8. The molecular formula is C18H22ClNO2. The quantitative estimate of drug-likeness (QED) is 0.733. The smallest absolute Gasteiger partial charge is 0.234 e. The van der Waals surface area contributed by atoms with Gasteiger partial charge in [0, 0.05) is 16.6 Å². The van der Waals surface area contributed by atoms with Crippen LogP contribution >= 0.6 is 11.6 Å². The minimum Gasteiger partial charge on any atom is -0.308 e. The van der Waals surface area contributed by atoms with Gasteiger partial charge in [-0.05, 0) is 38.0 Å². The minimum atomic E-state index is -0.314. The average Bonchev–Trinajstić information content (AvgIpc) is 2.78. The molecule has 1 unspecified atom stereocenters. The third-order valence-electron chi connectivity index (χ3n) is 4.03. The Hall–Kier alpha value is -1.61. The Morgan fingerprint density at radius 1 is 1.27 bits per heavy atom. The fourth-order valence-electron chi connectivity index (χ4n) is 2.97. The molecule has 0 spiro atoms. The van der Waals surface area contributed by atoms with Crippen molar-refractivity contribution in [2.75, 3.05) is 0 Å². The van der Waals surface area contributed by atoms with Crippen molar-refractivity contribution in [2.45, 2.75) is 46.1 Å². The number of rotatable bonds is 6. The zero-order chi connectivity index (χ0) is 16.3. The highest BCUT2D eigenvalue weighted by Crippen LogP contribution is 2.39. The molecular weight excluding hydrogens is 298 g/mol. The first-order chi connectivity index (χ1) is 10.5. The first kappa shape index (κ1) is 16.8. The molecule has 0 saturated heterocycles. The SMILES string of the molecule is CCCCC1C(=O)N(C(C)C)C(c2ccc(Cl)cc2)=C1C=O. The number of amides is 1. The second kappa shape index (κ2) is 7.10. The van der Waals surface area contributed by atoms with Gasteiger partial charge in [0.15, 0.2) is 0 Å². The molecule has 1 aromatic rings. The van der Waals surface area contributed by atoms with Crippen molar-refractivity contribution in [3.8, 4) is 0 Å². The van der Waals surface area contributed by atoms with Crippen LogP contribution in [-0.2, 0) is 9.59 Å². The summed E-state index contributed by atoms with van der Waals surface area (Å²) in [6, 6.07) is 7.32. The van der Waals surface area contributed by atoms with Crippen LogP contribution in [0.5, 0.6) is 0 Å². The van der Waals surface area contributed by atoms with E-state index in [1.165, 1.54) is 0 Å². The minimum absolute atomic E-state index is 0.0137. The molecule has 0 bridgehead atoms. The van der Waals surface area contributed by atoms with Crippen LogP contribution in [0.4, 0.5) is 0 Å². The van der Waals surface area contributed by atoms with Crippen LogP contribution in [0.25, 0.3) is 5.70 Å². The van der Waals surface area contributed by atoms with E-state index in [4.69, 9.17) is 11.6 Å². The van der Waals surface area contributed by atoms with Crippen LogP contribution < -0.4 is 0 Å². The van der Waals surface area contributed by atoms with Gasteiger partial charge in [-0.2, -0.15) is 0 Å². The second-order valence-electron chi connectivity index (χ2n) is 5.93. The molecule has 1 atom stereocenters. The zero-order valence-corrected chi connectivity index (χ0v) is 14.1. The van der Waals surface area contributed by atoms with E-state index in [1.54, 1.807) is 17.0 Å². The molecule has 1 heterocycles. The fourth-order valence-corrected chi connectivity index (χ4v) is 3.09. The van der Waals surface area contributed by atoms with Crippen molar-refractivity contribution in [3.05, 3.63) is 40.4 Å². The highest BCUT2D eigenvalue weighted by Gasteiger charge is 2.40. The first-order valence-electron chi connectivity index (χ1n) is 7.79. The first-order valence-corrected chi connectivity index (χ1v) is 8.17. The number of halogens is 1. The zero-order valence-electron chi connectivity index (χ0n) is 13.3. The number of aldehydes is 1. The normalized spacial score (nSPS) is 18.5. The Kier molecular flexibility index (Phi) is 5.41. The van der Waals surface area contributed by atoms with Crippen molar-refractivity contribution in [2.24, 2.45) is 5.92 Å². The van der Waals surface area contributed by atoms with Gasteiger partial charge in [0.2, 0.25) is 5.91 Å². The highest BCUT2D eigenvalue weighted by molar-refractivity contribution is 6.30. The maximum Gasteiger partial charge on any atom is 0.234 e. The molecule has 0 aromatic heterocycles. The number of carbonyl (C=O) groups is 2. The molecule has 1 aromatic carbocycles. The molecule has 1 amide bonds. The van der Waals surface area contributed by atoms with Gasteiger partial charge >= 0.3 is 0 Å². The predicted octanol–water partition coefficient (Wildman–Crippen LogP) is 4.31. The third kappa shape index (κ3) is 3.09. The Morgan fingerprint density at radius 3 is 2.41 bits per heavy atom. The lowest BCUT2D eigenvalue weighted by atomic mass is 9.94. The lowest BCUT2D eigenvalue weighted by Crippen LogP contribution is -2.34. The Bertz CT molecular complexity index is 590. The second-order valence-corrected chi connectivity index (χ2v) is 6.36. The number of nitrogens with zero attached hydrogens (tertiary/aromatic N) is 1. The molecule has 0 radical (unpaired) electrons. The molecule has 0 saturated carbocycles. The maximum absolute atomic E-state index is 12.8. The van der Waals surface area contributed by atoms with Gasteiger partial charge in [-0.3, -0.25) is 9.59 Å². The lowest BCUT2D eigenvalue weighted by molar-refractivity contribution is -0.131. The molecule has 118 valence electrons. The molecule has 1 aliphatic rings. The Morgan fingerprint density at radius 2 is 1.91 bits per heavy atom. The van der Waals surface area contributed by atoms with Crippen LogP contribution in [0, 0.1) is 5.92 Å². The number of carbonyl (C=O) groups excluding carboxylic acids is 2. The van der Waals surface area contributed by atoms with Gasteiger partial charge in [0.25, 0.3) is 0 Å². The molecule has 0 N–H and O–H groups in total. The molecule has 1 aliphatic heterocycles. The van der Waals surface area contributed by atoms with E-state index < -0.39 is 0 Å². The summed E-state index contributed by atoms with van der Waals surface area (Å²) in [5.41, 5.74) is 2.22. The van der Waals surface area contributed by atoms with Gasteiger partial charge in [0.1, 0.15) is 6.29 Å². The topological polar surface area (TPSA) is 37.4 Å². The van der Waals surface area contributed by atoms with E-state index in [0.29, 0.717) is 10.6 Å². The van der Waals surface area contributed by atoms with E-state index in [1.807, 2.05) is 26.0 Å². The summed E-state index contributed by atoms with van der Waals surface area (Å²) in [4.78, 5) is 26.2. The van der Waals surface area contributed by atoms with Gasteiger partial charge < -0.3 is 4.90 Å². The van der Waals surface area contributed by atoms with E-state index in [2.05, 4.69) is 6.92 Å². The van der Waals surface area contributed by atoms with Crippen molar-refractivity contribution >= 4 is 29.5 Å². The largest absolute Gasteiger partial charge is 0.308 e. The molecule has 0 fully saturated rings. The van der Waals surface area contributed by atoms with E-state index in [9.17, 15) is 9.59 Å². The Labute approximate surface area is 137 Å². The molecule has 22 heavy (non-hydrogen) atoms. The molecule has 2 rings (SSSR count). The molecule has 4 heteroatoms. The van der Waals surface area contributed by atoms with E-state index in [-0.39, 0.29) is 17.9 Å². The van der Waals surface area contributed by atoms with Gasteiger partial charge in [-0.25, -0.2) is 0 Å². The monoisotopic (exact) mass is 319 g/mol. The van der Waals surface area contributed by atoms with Crippen molar-refractivity contribution in [1.29, 1.82) is 0 Å². The fraction of sp³-hybridized carbons (Fsp3) is 0.444. The van der Waals surface area contributed by atoms with Crippen molar-refractivity contribution in [3.63, 3.8) is 0 Å². The van der Waals surface area contributed by atoms with Gasteiger partial charge in [0.05, 0.1) is 11.6 Å². The average molecular weight is 320 g/mol. The third-order valence-corrected chi connectivity index (χ3v) is 4.28. The summed E-state index contributed by atoms with van der Waals surface area (Å²) >= 11 is 5.95. The van der Waals surface area contributed by atoms with Gasteiger partial charge in [-0.1, -0.05) is 43.5 Å². The number of hydrogen-bond donors (Lipinski definition) is 0. The number of benzene rings is 1. The van der Waals surface area contributed by atoms with Crippen LogP contribution in [0.15, 0.2) is 29.8 Å². The summed E-state index contributed by atoms with van der Waals surface area (Å²) in [6.07, 6.45) is 3.52. The van der Waals surface area contributed by atoms with Crippen molar-refractivity contribution < 1.29 is 9.59 Å². The summed E-state index contributed by atoms with van der Waals surface area (Å²) < 4.78 is 0. The van der Waals surface area contributed by atoms with Gasteiger partial charge in [-0.15, -0.1) is 0 Å². The summed E-state index contributed by atoms with van der Waals surface area (Å²) in [5.74, 6) is -0.277. The summed E-state index contributed by atoms with van der Waals surface area (Å²) in [6.45, 7) is 6.03. The summed E-state index contributed by atoms with van der Waals surface area (Å²) in [5, 5.41) is 0.639. The van der Waals surface area contributed by atoms with E-state index in [0.717, 1.165) is 36.8 Å². The lowest BCUT2D eigenvalue weighted by Gasteiger charge is -2.25. The number of hydrogen-bond acceptors (Lipinski definition) is 2. The van der Waals surface area contributed by atoms with E-state index >= 15 is 0 Å². The highest BCUT2D eigenvalue weighted by atomic mass is 35.5. The van der Waals surface area contributed by atoms with Crippen LogP contribution in [0.3, 0.4) is 0 Å². The number of unbranched alkanes of at least 4 members (excludes halogenated alkanes) is 1. The predicted molar refractivity (Wildman–Crippen MR) is 89.4 cm³/mol. The molecule has 0 aliphatic carbocycles. The summed E-state index contributed by atoms with van der Waals surface area (Å²) in [7, 11) is 0. The van der Waals surface area contributed by atoms with Crippen LogP contribution in [0.2, 0.25) is 5.02 Å². The standard InChI is InChI=1S/C18H22ClNO2/c1-4-5-6-15-16(11-21)17(20(12(2)3)18(15)22)13-7-9-14(19)10-8-13/h7-12,15H,4-6H2,1-3H3. The Balaban J connectivity index is 2.52. The van der Waals surface area contributed by atoms with Crippen molar-refractivity contribution in [1.82, 2.24) is 4.90 Å². The molecule has 3 nitrogen and oxygen atoms in total. The van der Waals surface area contributed by atoms with Crippen LogP contribution in [-0.4, -0.2) is 23.1 Å². The van der Waals surface area contributed by atoms with Crippen LogP contribution in [0.1, 0.15) is 45.6 Å².